The summed E-state index contributed by atoms with van der Waals surface area (Å²) in [5, 5.41) is 11.6. The number of aromatic nitrogens is 4. The molecule has 2 heterocycles. The maximum absolute atomic E-state index is 14.4. The van der Waals surface area contributed by atoms with E-state index in [9.17, 15) is 27.2 Å². The van der Waals surface area contributed by atoms with E-state index in [2.05, 4.69) is 15.4 Å². The van der Waals surface area contributed by atoms with Crippen molar-refractivity contribution < 1.29 is 27.2 Å². The van der Waals surface area contributed by atoms with E-state index in [1.807, 2.05) is 0 Å². The van der Waals surface area contributed by atoms with Crippen LogP contribution in [0.4, 0.5) is 23.2 Å². The first-order chi connectivity index (χ1) is 16.1. The average molecular weight is 476 g/mol. The smallest absolute Gasteiger partial charge is 0.366 e. The van der Waals surface area contributed by atoms with Gasteiger partial charge in [-0.25, -0.2) is 4.39 Å². The molecule has 4 rings (SSSR count). The Bertz CT molecular complexity index is 1220. The molecule has 1 aliphatic rings. The minimum Gasteiger partial charge on any atom is -0.366 e. The number of hydrogen-bond acceptors (Lipinski definition) is 6. The van der Waals surface area contributed by atoms with Gasteiger partial charge in [0.1, 0.15) is 12.4 Å². The zero-order valence-electron chi connectivity index (χ0n) is 18.1. The number of carbonyl (C=O) groups is 2. The molecule has 0 radical (unpaired) electrons. The molecule has 8 nitrogen and oxygen atoms in total. The third-order valence-corrected chi connectivity index (χ3v) is 5.50. The summed E-state index contributed by atoms with van der Waals surface area (Å²) in [6, 6.07) is 8.87. The lowest BCUT2D eigenvalue weighted by Crippen LogP contribution is -2.50. The maximum Gasteiger partial charge on any atom is 0.416 e. The van der Waals surface area contributed by atoms with Gasteiger partial charge in [-0.3, -0.25) is 9.59 Å². The fourth-order valence-corrected chi connectivity index (χ4v) is 3.66. The number of tetrazole rings is 1. The molecule has 1 saturated heterocycles. The molecule has 178 valence electrons. The van der Waals surface area contributed by atoms with Crippen LogP contribution in [0.1, 0.15) is 22.8 Å². The number of carbonyl (C=O) groups excluding carboxylic acids is 2. The molecule has 1 fully saturated rings. The van der Waals surface area contributed by atoms with E-state index in [-0.39, 0.29) is 29.6 Å². The van der Waals surface area contributed by atoms with Gasteiger partial charge in [-0.05, 0) is 42.5 Å². The lowest BCUT2D eigenvalue weighted by molar-refractivity contribution is -0.137. The van der Waals surface area contributed by atoms with Gasteiger partial charge in [0.2, 0.25) is 11.7 Å². The van der Waals surface area contributed by atoms with E-state index in [0.29, 0.717) is 37.4 Å². The van der Waals surface area contributed by atoms with Crippen LogP contribution >= 0.6 is 0 Å². The summed E-state index contributed by atoms with van der Waals surface area (Å²) in [4.78, 5) is 28.5. The van der Waals surface area contributed by atoms with Crippen molar-refractivity contribution in [3.8, 4) is 11.4 Å². The molecule has 0 N–H and O–H groups in total. The van der Waals surface area contributed by atoms with Crippen LogP contribution in [0.5, 0.6) is 0 Å². The van der Waals surface area contributed by atoms with Gasteiger partial charge in [0, 0.05) is 37.3 Å². The summed E-state index contributed by atoms with van der Waals surface area (Å²) in [5.74, 6) is -1.03. The van der Waals surface area contributed by atoms with Crippen LogP contribution in [-0.2, 0) is 17.5 Å². The summed E-state index contributed by atoms with van der Waals surface area (Å²) >= 11 is 0. The molecule has 1 amide bonds. The number of ketones is 1. The molecule has 0 unspecified atom stereocenters. The maximum atomic E-state index is 14.4. The monoisotopic (exact) mass is 476 g/mol. The summed E-state index contributed by atoms with van der Waals surface area (Å²) < 4.78 is 53.2. The number of anilines is 1. The van der Waals surface area contributed by atoms with Gasteiger partial charge in [0.15, 0.2) is 5.78 Å². The lowest BCUT2D eigenvalue weighted by atomic mass is 10.1. The molecule has 12 heteroatoms. The molecule has 2 aromatic carbocycles. The van der Waals surface area contributed by atoms with Crippen molar-refractivity contribution in [2.45, 2.75) is 19.6 Å². The number of halogens is 4. The minimum absolute atomic E-state index is 0.0202. The SMILES string of the molecule is CC(=O)c1ccc(N2CCN(C(=O)Cn3nnc(-c4cccc(C(F)(F)F)c4)n3)CC2)c(F)c1. The van der Waals surface area contributed by atoms with Crippen molar-refractivity contribution in [1.82, 2.24) is 25.1 Å². The first-order valence-electron chi connectivity index (χ1n) is 10.4. The highest BCUT2D eigenvalue weighted by molar-refractivity contribution is 5.94. The topological polar surface area (TPSA) is 84.2 Å². The minimum atomic E-state index is -4.50. The highest BCUT2D eigenvalue weighted by Gasteiger charge is 2.31. The molecular formula is C22H20F4N6O2. The highest BCUT2D eigenvalue weighted by Crippen LogP contribution is 2.31. The molecular weight excluding hydrogens is 456 g/mol. The lowest BCUT2D eigenvalue weighted by Gasteiger charge is -2.36. The summed E-state index contributed by atoms with van der Waals surface area (Å²) in [5.41, 5.74) is -0.0386. The third-order valence-electron chi connectivity index (χ3n) is 5.50. The van der Waals surface area contributed by atoms with Crippen LogP contribution < -0.4 is 4.90 Å². The van der Waals surface area contributed by atoms with Crippen LogP contribution in [0.15, 0.2) is 42.5 Å². The number of amides is 1. The molecule has 0 aliphatic carbocycles. The highest BCUT2D eigenvalue weighted by atomic mass is 19.4. The normalized spacial score (nSPS) is 14.4. The van der Waals surface area contributed by atoms with Crippen molar-refractivity contribution in [2.75, 3.05) is 31.1 Å². The molecule has 1 aliphatic heterocycles. The van der Waals surface area contributed by atoms with Gasteiger partial charge in [-0.1, -0.05) is 12.1 Å². The van der Waals surface area contributed by atoms with Gasteiger partial charge in [-0.2, -0.15) is 18.0 Å². The van der Waals surface area contributed by atoms with Crippen LogP contribution in [0, 0.1) is 5.82 Å². The van der Waals surface area contributed by atoms with Gasteiger partial charge in [0.25, 0.3) is 0 Å². The quantitative estimate of drug-likeness (QED) is 0.416. The molecule has 34 heavy (non-hydrogen) atoms. The number of benzene rings is 2. The van der Waals surface area contributed by atoms with Gasteiger partial charge in [-0.15, -0.1) is 10.2 Å². The summed E-state index contributed by atoms with van der Waals surface area (Å²) in [6.45, 7) is 2.59. The largest absolute Gasteiger partial charge is 0.416 e. The second kappa shape index (κ2) is 9.20. The Morgan fingerprint density at radius 3 is 2.41 bits per heavy atom. The van der Waals surface area contributed by atoms with E-state index in [1.54, 1.807) is 21.9 Å². The number of piperazine rings is 1. The molecule has 0 bridgehead atoms. The van der Waals surface area contributed by atoms with E-state index >= 15 is 0 Å². The molecule has 0 spiro atoms. The van der Waals surface area contributed by atoms with E-state index in [1.165, 1.54) is 25.1 Å². The predicted molar refractivity (Wildman–Crippen MR) is 113 cm³/mol. The average Bonchev–Trinajstić information content (AvgIpc) is 3.27. The fraction of sp³-hybridized carbons (Fsp3) is 0.318. The van der Waals surface area contributed by atoms with Gasteiger partial charge in [0.05, 0.1) is 11.3 Å². The number of rotatable bonds is 5. The number of Topliss-reactive ketones (excluding diaryl/α,β-unsaturated/α-hetero) is 1. The standard InChI is InChI=1S/C22H20F4N6O2/c1-14(33)15-5-6-19(18(23)12-15)30-7-9-31(10-8-30)20(34)13-32-28-21(27-29-32)16-3-2-4-17(11-16)22(24,25)26/h2-6,11-12H,7-10,13H2,1H3. The molecule has 0 atom stereocenters. The van der Waals surface area contributed by atoms with Crippen molar-refractivity contribution >= 4 is 17.4 Å². The first-order valence-corrected chi connectivity index (χ1v) is 10.4. The number of hydrogen-bond donors (Lipinski definition) is 0. The third kappa shape index (κ3) is 5.05. The number of alkyl halides is 3. The van der Waals surface area contributed by atoms with Gasteiger partial charge >= 0.3 is 6.18 Å². The Labute approximate surface area is 191 Å². The van der Waals surface area contributed by atoms with E-state index in [0.717, 1.165) is 16.9 Å². The zero-order valence-corrected chi connectivity index (χ0v) is 18.1. The molecule has 0 saturated carbocycles. The van der Waals surface area contributed by atoms with Crippen LogP contribution in [0.25, 0.3) is 11.4 Å². The molecule has 3 aromatic rings. The molecule has 1 aromatic heterocycles. The van der Waals surface area contributed by atoms with Crippen LogP contribution in [0.2, 0.25) is 0 Å². The van der Waals surface area contributed by atoms with Crippen LogP contribution in [0.3, 0.4) is 0 Å². The van der Waals surface area contributed by atoms with Crippen molar-refractivity contribution in [3.63, 3.8) is 0 Å². The van der Waals surface area contributed by atoms with Crippen molar-refractivity contribution in [1.29, 1.82) is 0 Å². The second-order valence-corrected chi connectivity index (χ2v) is 7.81. The Balaban J connectivity index is 1.36. The Kier molecular flexibility index (Phi) is 6.31. The van der Waals surface area contributed by atoms with Gasteiger partial charge < -0.3 is 9.80 Å². The fourth-order valence-electron chi connectivity index (χ4n) is 3.66. The van der Waals surface area contributed by atoms with Crippen molar-refractivity contribution in [2.24, 2.45) is 0 Å². The predicted octanol–water partition coefficient (Wildman–Crippen LogP) is 3.05. The van der Waals surface area contributed by atoms with E-state index in [4.69, 9.17) is 0 Å². The second-order valence-electron chi connectivity index (χ2n) is 7.81. The zero-order chi connectivity index (χ0) is 24.5. The van der Waals surface area contributed by atoms with Crippen LogP contribution in [-0.4, -0.2) is 63.0 Å². The van der Waals surface area contributed by atoms with E-state index < -0.39 is 17.6 Å². The summed E-state index contributed by atoms with van der Waals surface area (Å²) in [7, 11) is 0. The van der Waals surface area contributed by atoms with Crippen molar-refractivity contribution in [3.05, 3.63) is 59.4 Å². The Hall–Kier alpha value is -3.83. The number of nitrogens with zero attached hydrogens (tertiary/aromatic N) is 6. The Morgan fingerprint density at radius 2 is 1.76 bits per heavy atom. The first kappa shape index (κ1) is 23.3. The summed E-state index contributed by atoms with van der Waals surface area (Å²) in [6.07, 6.45) is -4.50. The Morgan fingerprint density at radius 1 is 1.03 bits per heavy atom.